The molecule has 0 aliphatic carbocycles. The first-order valence-corrected chi connectivity index (χ1v) is 6.62. The second kappa shape index (κ2) is 7.50. The molecule has 0 spiro atoms. The largest absolute Gasteiger partial charge is 0.494 e. The fraction of sp³-hybridized carbons (Fsp3) is 0.250. The highest BCUT2D eigenvalue weighted by Crippen LogP contribution is 2.20. The first-order valence-electron chi connectivity index (χ1n) is 6.62. The van der Waals surface area contributed by atoms with E-state index in [1.807, 2.05) is 30.3 Å². The summed E-state index contributed by atoms with van der Waals surface area (Å²) in [5.41, 5.74) is 0.576. The topological polar surface area (TPSA) is 50.7 Å². The first-order chi connectivity index (χ1) is 10.2. The SMILES string of the molecule is COc1ccc(NCC(O)COc2ccccc2)cc1F. The maximum absolute atomic E-state index is 13.5. The van der Waals surface area contributed by atoms with Gasteiger partial charge in [0.1, 0.15) is 18.5 Å². The molecule has 0 bridgehead atoms. The number of aliphatic hydroxyl groups excluding tert-OH is 1. The second-order valence-electron chi connectivity index (χ2n) is 4.51. The van der Waals surface area contributed by atoms with Crippen molar-refractivity contribution in [2.45, 2.75) is 6.10 Å². The maximum Gasteiger partial charge on any atom is 0.167 e. The molecule has 2 aromatic carbocycles. The predicted molar refractivity (Wildman–Crippen MR) is 79.4 cm³/mol. The van der Waals surface area contributed by atoms with Gasteiger partial charge < -0.3 is 19.9 Å². The number of anilines is 1. The number of benzene rings is 2. The smallest absolute Gasteiger partial charge is 0.167 e. The normalized spacial score (nSPS) is 11.8. The van der Waals surface area contributed by atoms with Crippen LogP contribution in [0.15, 0.2) is 48.5 Å². The summed E-state index contributed by atoms with van der Waals surface area (Å²) in [5, 5.41) is 12.8. The van der Waals surface area contributed by atoms with Crippen LogP contribution >= 0.6 is 0 Å². The number of halogens is 1. The van der Waals surface area contributed by atoms with E-state index in [1.54, 1.807) is 6.07 Å². The Hall–Kier alpha value is -2.27. The van der Waals surface area contributed by atoms with Gasteiger partial charge in [-0.15, -0.1) is 0 Å². The summed E-state index contributed by atoms with van der Waals surface area (Å²) in [4.78, 5) is 0. The zero-order valence-electron chi connectivity index (χ0n) is 11.8. The molecule has 21 heavy (non-hydrogen) atoms. The van der Waals surface area contributed by atoms with Gasteiger partial charge in [-0.1, -0.05) is 18.2 Å². The standard InChI is InChI=1S/C16H18FNO3/c1-20-16-8-7-12(9-15(16)17)18-10-13(19)11-21-14-5-3-2-4-6-14/h2-9,13,18-19H,10-11H2,1H3. The van der Waals surface area contributed by atoms with Crippen molar-refractivity contribution in [1.29, 1.82) is 0 Å². The van der Waals surface area contributed by atoms with Crippen molar-refractivity contribution in [2.24, 2.45) is 0 Å². The Balaban J connectivity index is 1.78. The van der Waals surface area contributed by atoms with Gasteiger partial charge >= 0.3 is 0 Å². The molecule has 0 fully saturated rings. The molecular formula is C16H18FNO3. The maximum atomic E-state index is 13.5. The Labute approximate surface area is 123 Å². The second-order valence-corrected chi connectivity index (χ2v) is 4.51. The minimum atomic E-state index is -0.699. The lowest BCUT2D eigenvalue weighted by atomic mass is 10.2. The van der Waals surface area contributed by atoms with Crippen LogP contribution in [0.25, 0.3) is 0 Å². The molecule has 0 saturated heterocycles. The number of para-hydroxylation sites is 1. The van der Waals surface area contributed by atoms with Crippen LogP contribution in [0.5, 0.6) is 11.5 Å². The number of rotatable bonds is 7. The molecule has 0 heterocycles. The number of aliphatic hydroxyl groups is 1. The number of nitrogens with one attached hydrogen (secondary N) is 1. The van der Waals surface area contributed by atoms with Crippen LogP contribution in [0, 0.1) is 5.82 Å². The van der Waals surface area contributed by atoms with Gasteiger partial charge in [0, 0.05) is 18.3 Å². The summed E-state index contributed by atoms with van der Waals surface area (Å²) < 4.78 is 23.8. The van der Waals surface area contributed by atoms with E-state index in [9.17, 15) is 9.50 Å². The molecule has 2 N–H and O–H groups in total. The Morgan fingerprint density at radius 3 is 2.62 bits per heavy atom. The van der Waals surface area contributed by atoms with Crippen LogP contribution in [0.1, 0.15) is 0 Å². The van der Waals surface area contributed by atoms with Gasteiger partial charge in [0.05, 0.1) is 7.11 Å². The molecule has 5 heteroatoms. The summed E-state index contributed by atoms with van der Waals surface area (Å²) >= 11 is 0. The number of methoxy groups -OCH3 is 1. The summed E-state index contributed by atoms with van der Waals surface area (Å²) in [6.07, 6.45) is -0.699. The molecule has 0 aliphatic heterocycles. The van der Waals surface area contributed by atoms with E-state index in [-0.39, 0.29) is 18.9 Å². The first kappa shape index (κ1) is 15.1. The van der Waals surface area contributed by atoms with Gasteiger partial charge in [-0.25, -0.2) is 4.39 Å². The van der Waals surface area contributed by atoms with Gasteiger partial charge in [0.25, 0.3) is 0 Å². The van der Waals surface area contributed by atoms with Gasteiger partial charge in [0.2, 0.25) is 0 Å². The zero-order valence-corrected chi connectivity index (χ0v) is 11.8. The molecule has 2 aromatic rings. The average Bonchev–Trinajstić information content (AvgIpc) is 2.52. The van der Waals surface area contributed by atoms with E-state index in [0.29, 0.717) is 11.4 Å². The van der Waals surface area contributed by atoms with Crippen molar-refractivity contribution in [2.75, 3.05) is 25.6 Å². The quantitative estimate of drug-likeness (QED) is 0.823. The number of hydrogen-bond donors (Lipinski definition) is 2. The highest BCUT2D eigenvalue weighted by Gasteiger charge is 2.07. The molecule has 1 atom stereocenters. The molecule has 1 unspecified atom stereocenters. The average molecular weight is 291 g/mol. The number of hydrogen-bond acceptors (Lipinski definition) is 4. The Bertz CT molecular complexity index is 563. The highest BCUT2D eigenvalue weighted by molar-refractivity contribution is 5.47. The fourth-order valence-corrected chi connectivity index (χ4v) is 1.78. The van der Waals surface area contributed by atoms with Crippen LogP contribution in [-0.2, 0) is 0 Å². The van der Waals surface area contributed by atoms with Crippen LogP contribution < -0.4 is 14.8 Å². The van der Waals surface area contributed by atoms with Crippen LogP contribution in [0.4, 0.5) is 10.1 Å². The Morgan fingerprint density at radius 1 is 1.19 bits per heavy atom. The molecule has 0 radical (unpaired) electrons. The molecule has 0 aliphatic rings. The number of ether oxygens (including phenoxy) is 2. The monoisotopic (exact) mass is 291 g/mol. The summed E-state index contributed by atoms with van der Waals surface area (Å²) in [5.74, 6) is 0.443. The van der Waals surface area contributed by atoms with Crippen molar-refractivity contribution in [3.8, 4) is 11.5 Å². The third-order valence-corrected chi connectivity index (χ3v) is 2.88. The van der Waals surface area contributed by atoms with E-state index in [2.05, 4.69) is 5.32 Å². The lowest BCUT2D eigenvalue weighted by Gasteiger charge is -2.14. The predicted octanol–water partition coefficient (Wildman–Crippen LogP) is 2.69. The molecule has 4 nitrogen and oxygen atoms in total. The Morgan fingerprint density at radius 2 is 1.95 bits per heavy atom. The van der Waals surface area contributed by atoms with E-state index in [0.717, 1.165) is 0 Å². The van der Waals surface area contributed by atoms with Crippen molar-refractivity contribution in [1.82, 2.24) is 0 Å². The van der Waals surface area contributed by atoms with Crippen molar-refractivity contribution >= 4 is 5.69 Å². The van der Waals surface area contributed by atoms with Crippen molar-refractivity contribution in [3.05, 3.63) is 54.3 Å². The van der Waals surface area contributed by atoms with Gasteiger partial charge in [-0.3, -0.25) is 0 Å². The van der Waals surface area contributed by atoms with Crippen LogP contribution in [-0.4, -0.2) is 31.5 Å². The van der Waals surface area contributed by atoms with E-state index in [1.165, 1.54) is 19.2 Å². The van der Waals surface area contributed by atoms with E-state index >= 15 is 0 Å². The van der Waals surface area contributed by atoms with Crippen molar-refractivity contribution in [3.63, 3.8) is 0 Å². The van der Waals surface area contributed by atoms with Gasteiger partial charge in [-0.2, -0.15) is 0 Å². The molecule has 0 saturated carbocycles. The third kappa shape index (κ3) is 4.65. The zero-order chi connectivity index (χ0) is 15.1. The summed E-state index contributed by atoms with van der Waals surface area (Å²) in [6.45, 7) is 0.425. The van der Waals surface area contributed by atoms with Crippen LogP contribution in [0.3, 0.4) is 0 Å². The van der Waals surface area contributed by atoms with E-state index < -0.39 is 11.9 Å². The van der Waals surface area contributed by atoms with Gasteiger partial charge in [-0.05, 0) is 24.3 Å². The fourth-order valence-electron chi connectivity index (χ4n) is 1.78. The van der Waals surface area contributed by atoms with Crippen molar-refractivity contribution < 1.29 is 19.0 Å². The molecule has 0 aromatic heterocycles. The highest BCUT2D eigenvalue weighted by atomic mass is 19.1. The lowest BCUT2D eigenvalue weighted by Crippen LogP contribution is -2.26. The lowest BCUT2D eigenvalue weighted by molar-refractivity contribution is 0.117. The third-order valence-electron chi connectivity index (χ3n) is 2.88. The summed E-state index contributed by atoms with van der Waals surface area (Å²) in [6, 6.07) is 13.8. The summed E-state index contributed by atoms with van der Waals surface area (Å²) in [7, 11) is 1.41. The van der Waals surface area contributed by atoms with Crippen LogP contribution in [0.2, 0.25) is 0 Å². The minimum Gasteiger partial charge on any atom is -0.494 e. The Kier molecular flexibility index (Phi) is 5.40. The molecule has 0 amide bonds. The van der Waals surface area contributed by atoms with E-state index in [4.69, 9.17) is 9.47 Å². The van der Waals surface area contributed by atoms with Gasteiger partial charge in [0.15, 0.2) is 11.6 Å². The molecule has 112 valence electrons. The molecule has 2 rings (SSSR count). The minimum absolute atomic E-state index is 0.162. The molecular weight excluding hydrogens is 273 g/mol.